The molecule has 1 aliphatic heterocycles. The first kappa shape index (κ1) is 15.5. The van der Waals surface area contributed by atoms with Crippen LogP contribution in [0.4, 0.5) is 0 Å². The molecule has 6 heteroatoms. The first-order valence-corrected chi connectivity index (χ1v) is 7.47. The van der Waals surface area contributed by atoms with E-state index < -0.39 is 6.04 Å². The van der Waals surface area contributed by atoms with Crippen molar-refractivity contribution >= 4 is 11.8 Å². The summed E-state index contributed by atoms with van der Waals surface area (Å²) in [5, 5.41) is 2.77. The van der Waals surface area contributed by atoms with Gasteiger partial charge in [0.15, 0.2) is 0 Å². The van der Waals surface area contributed by atoms with Crippen molar-refractivity contribution in [3.05, 3.63) is 18.2 Å². The number of hydrogen-bond acceptors (Lipinski definition) is 3. The van der Waals surface area contributed by atoms with E-state index in [9.17, 15) is 9.59 Å². The number of piperazine rings is 1. The third-order valence-corrected chi connectivity index (χ3v) is 3.88. The second kappa shape index (κ2) is 6.28. The van der Waals surface area contributed by atoms with Crippen LogP contribution in [0.5, 0.6) is 0 Å². The zero-order chi connectivity index (χ0) is 15.6. The summed E-state index contributed by atoms with van der Waals surface area (Å²) in [4.78, 5) is 30.6. The summed E-state index contributed by atoms with van der Waals surface area (Å²) in [5.74, 6) is 1.23. The van der Waals surface area contributed by atoms with Crippen molar-refractivity contribution < 1.29 is 9.59 Å². The van der Waals surface area contributed by atoms with Gasteiger partial charge in [-0.2, -0.15) is 0 Å². The molecule has 1 N–H and O–H groups in total. The largest absolute Gasteiger partial charge is 0.343 e. The van der Waals surface area contributed by atoms with Gasteiger partial charge in [-0.15, -0.1) is 0 Å². The first-order chi connectivity index (χ1) is 9.90. The van der Waals surface area contributed by atoms with Crippen LogP contribution in [0.3, 0.4) is 0 Å². The Labute approximate surface area is 125 Å². The number of nitrogens with zero attached hydrogens (tertiary/aromatic N) is 3. The maximum absolute atomic E-state index is 12.4. The molecule has 0 spiro atoms. The summed E-state index contributed by atoms with van der Waals surface area (Å²) in [6.45, 7) is 6.39. The molecule has 1 aromatic heterocycles. The lowest BCUT2D eigenvalue weighted by atomic mass is 9.98. The van der Waals surface area contributed by atoms with Gasteiger partial charge in [-0.1, -0.05) is 13.8 Å². The molecule has 2 rings (SSSR count). The van der Waals surface area contributed by atoms with Crippen LogP contribution in [0, 0.1) is 5.92 Å². The third-order valence-electron chi connectivity index (χ3n) is 3.88. The molecule has 2 atom stereocenters. The molecule has 1 saturated heterocycles. The molecule has 2 unspecified atom stereocenters. The van der Waals surface area contributed by atoms with Gasteiger partial charge in [0.1, 0.15) is 17.9 Å². The van der Waals surface area contributed by atoms with Crippen LogP contribution in [-0.4, -0.2) is 44.9 Å². The summed E-state index contributed by atoms with van der Waals surface area (Å²) in [5.41, 5.74) is 0. The lowest BCUT2D eigenvalue weighted by molar-refractivity contribution is -0.149. The van der Waals surface area contributed by atoms with E-state index in [0.29, 0.717) is 25.3 Å². The highest BCUT2D eigenvalue weighted by Gasteiger charge is 2.38. The minimum atomic E-state index is -0.442. The lowest BCUT2D eigenvalue weighted by Crippen LogP contribution is -2.63. The van der Waals surface area contributed by atoms with Crippen molar-refractivity contribution in [1.82, 2.24) is 19.8 Å². The number of amides is 2. The zero-order valence-electron chi connectivity index (χ0n) is 13.2. The summed E-state index contributed by atoms with van der Waals surface area (Å²) < 4.78 is 1.94. The number of rotatable bonds is 5. The summed E-state index contributed by atoms with van der Waals surface area (Å²) >= 11 is 0. The Bertz CT molecular complexity index is 523. The molecular weight excluding hydrogens is 268 g/mol. The fourth-order valence-electron chi connectivity index (χ4n) is 2.72. The van der Waals surface area contributed by atoms with Gasteiger partial charge in [-0.3, -0.25) is 9.59 Å². The molecule has 2 heterocycles. The third kappa shape index (κ3) is 3.43. The van der Waals surface area contributed by atoms with Crippen molar-refractivity contribution in [1.29, 1.82) is 0 Å². The van der Waals surface area contributed by atoms with Crippen molar-refractivity contribution in [2.45, 2.75) is 45.7 Å². The number of aryl methyl sites for hydroxylation is 1. The van der Waals surface area contributed by atoms with Crippen LogP contribution in [0.1, 0.15) is 33.0 Å². The Morgan fingerprint density at radius 1 is 1.38 bits per heavy atom. The highest BCUT2D eigenvalue weighted by atomic mass is 16.2. The van der Waals surface area contributed by atoms with Crippen LogP contribution in [-0.2, 0) is 23.1 Å². The molecule has 1 fully saturated rings. The minimum Gasteiger partial charge on any atom is -0.343 e. The summed E-state index contributed by atoms with van der Waals surface area (Å²) in [6, 6.07) is -0.809. The van der Waals surface area contributed by atoms with Gasteiger partial charge in [0.25, 0.3) is 0 Å². The van der Waals surface area contributed by atoms with E-state index in [1.807, 2.05) is 17.8 Å². The molecule has 0 bridgehead atoms. The van der Waals surface area contributed by atoms with E-state index in [1.165, 1.54) is 0 Å². The Balaban J connectivity index is 2.12. The van der Waals surface area contributed by atoms with E-state index in [1.54, 1.807) is 18.0 Å². The monoisotopic (exact) mass is 292 g/mol. The van der Waals surface area contributed by atoms with Gasteiger partial charge in [0.05, 0.1) is 0 Å². The van der Waals surface area contributed by atoms with Crippen LogP contribution in [0.15, 0.2) is 12.4 Å². The van der Waals surface area contributed by atoms with Crippen molar-refractivity contribution in [2.75, 3.05) is 6.54 Å². The molecular formula is C15H24N4O2. The second-order valence-electron chi connectivity index (χ2n) is 6.11. The first-order valence-electron chi connectivity index (χ1n) is 7.47. The zero-order valence-corrected chi connectivity index (χ0v) is 13.2. The number of nitrogens with one attached hydrogen (secondary N) is 1. The second-order valence-corrected chi connectivity index (χ2v) is 6.11. The van der Waals surface area contributed by atoms with Crippen LogP contribution >= 0.6 is 0 Å². The molecule has 0 aliphatic carbocycles. The Morgan fingerprint density at radius 2 is 2.10 bits per heavy atom. The minimum absolute atomic E-state index is 0.00513. The summed E-state index contributed by atoms with van der Waals surface area (Å²) in [7, 11) is 1.93. The predicted octanol–water partition coefficient (Wildman–Crippen LogP) is 0.724. The molecule has 0 radical (unpaired) electrons. The molecule has 2 amide bonds. The Morgan fingerprint density at radius 3 is 2.67 bits per heavy atom. The van der Waals surface area contributed by atoms with E-state index in [4.69, 9.17) is 0 Å². The lowest BCUT2D eigenvalue weighted by Gasteiger charge is -2.38. The molecule has 116 valence electrons. The Hall–Kier alpha value is -1.85. The quantitative estimate of drug-likeness (QED) is 0.870. The topological polar surface area (TPSA) is 67.2 Å². The fourth-order valence-corrected chi connectivity index (χ4v) is 2.72. The maximum atomic E-state index is 12.4. The number of carbonyl (C=O) groups excluding carboxylic acids is 2. The van der Waals surface area contributed by atoms with E-state index >= 15 is 0 Å². The maximum Gasteiger partial charge on any atom is 0.245 e. The smallest absolute Gasteiger partial charge is 0.245 e. The van der Waals surface area contributed by atoms with Gasteiger partial charge < -0.3 is 14.8 Å². The average molecular weight is 292 g/mol. The van der Waals surface area contributed by atoms with E-state index in [-0.39, 0.29) is 17.9 Å². The Kier molecular flexibility index (Phi) is 4.65. The van der Waals surface area contributed by atoms with E-state index in [0.717, 1.165) is 5.82 Å². The fraction of sp³-hybridized carbons (Fsp3) is 0.667. The predicted molar refractivity (Wildman–Crippen MR) is 79.5 cm³/mol. The van der Waals surface area contributed by atoms with Crippen molar-refractivity contribution in [3.8, 4) is 0 Å². The summed E-state index contributed by atoms with van der Waals surface area (Å²) in [6.07, 6.45) is 4.97. The van der Waals surface area contributed by atoms with Gasteiger partial charge in [-0.05, 0) is 19.3 Å². The van der Waals surface area contributed by atoms with Gasteiger partial charge in [0.2, 0.25) is 11.8 Å². The highest BCUT2D eigenvalue weighted by molar-refractivity contribution is 5.96. The number of carbonyl (C=O) groups is 2. The standard InChI is InChI=1S/C15H24N4O2/c1-10(2)9-12-14(20)17-11(3)15(21)19(12)7-5-13-16-6-8-18(13)4/h6,8,10-12H,5,7,9H2,1-4H3,(H,17,20). The van der Waals surface area contributed by atoms with Gasteiger partial charge in [-0.25, -0.2) is 4.98 Å². The molecule has 0 saturated carbocycles. The molecule has 1 aliphatic rings. The number of hydrogen-bond donors (Lipinski definition) is 1. The van der Waals surface area contributed by atoms with Gasteiger partial charge in [0, 0.05) is 32.4 Å². The van der Waals surface area contributed by atoms with Crippen LogP contribution in [0.2, 0.25) is 0 Å². The number of aromatic nitrogens is 2. The van der Waals surface area contributed by atoms with E-state index in [2.05, 4.69) is 24.1 Å². The highest BCUT2D eigenvalue weighted by Crippen LogP contribution is 2.18. The average Bonchev–Trinajstić information content (AvgIpc) is 2.81. The molecule has 1 aromatic rings. The molecule has 0 aromatic carbocycles. The van der Waals surface area contributed by atoms with Crippen molar-refractivity contribution in [2.24, 2.45) is 13.0 Å². The van der Waals surface area contributed by atoms with Crippen LogP contribution < -0.4 is 5.32 Å². The van der Waals surface area contributed by atoms with Crippen molar-refractivity contribution in [3.63, 3.8) is 0 Å². The molecule has 6 nitrogen and oxygen atoms in total. The van der Waals surface area contributed by atoms with Crippen LogP contribution in [0.25, 0.3) is 0 Å². The SMILES string of the molecule is CC(C)CC1C(=O)NC(C)C(=O)N1CCc1nccn1C. The van der Waals surface area contributed by atoms with Gasteiger partial charge >= 0.3 is 0 Å². The molecule has 21 heavy (non-hydrogen) atoms. The normalized spacial score (nSPS) is 22.8. The number of imidazole rings is 1.